The van der Waals surface area contributed by atoms with E-state index in [4.69, 9.17) is 14.2 Å². The van der Waals surface area contributed by atoms with Crippen LogP contribution in [0.15, 0.2) is 24.4 Å². The summed E-state index contributed by atoms with van der Waals surface area (Å²) in [6.45, 7) is 5.67. The van der Waals surface area contributed by atoms with Crippen LogP contribution < -0.4 is 5.32 Å². The minimum atomic E-state index is -0.495. The standard InChI is InChI=1S/C16H22N4O4/c1-12-7-13(2)9-14(8-12)18-16(21)24-6-5-22-3-4-23-11-15-10-17-20-19-15/h7-10H,3-6,11H2,1-2H3,(H,18,21)(H,17,19,20). The minimum Gasteiger partial charge on any atom is -0.447 e. The highest BCUT2D eigenvalue weighted by Crippen LogP contribution is 2.13. The Balaban J connectivity index is 1.50. The van der Waals surface area contributed by atoms with Gasteiger partial charge in [-0.25, -0.2) is 4.79 Å². The summed E-state index contributed by atoms with van der Waals surface area (Å²) in [6.07, 6.45) is 1.11. The largest absolute Gasteiger partial charge is 0.447 e. The number of rotatable bonds is 9. The highest BCUT2D eigenvalue weighted by atomic mass is 16.6. The number of aromatic nitrogens is 3. The molecule has 0 bridgehead atoms. The third-order valence-electron chi connectivity index (χ3n) is 3.02. The fraction of sp³-hybridized carbons (Fsp3) is 0.438. The monoisotopic (exact) mass is 334 g/mol. The predicted octanol–water partition coefficient (Wildman–Crippen LogP) is 2.20. The van der Waals surface area contributed by atoms with E-state index in [9.17, 15) is 4.79 Å². The summed E-state index contributed by atoms with van der Waals surface area (Å²) >= 11 is 0. The van der Waals surface area contributed by atoms with Crippen molar-refractivity contribution in [2.75, 3.05) is 31.7 Å². The molecule has 1 amide bonds. The van der Waals surface area contributed by atoms with Crippen LogP contribution in [0.4, 0.5) is 10.5 Å². The Kier molecular flexibility index (Phi) is 7.19. The van der Waals surface area contributed by atoms with Crippen molar-refractivity contribution in [2.45, 2.75) is 20.5 Å². The summed E-state index contributed by atoms with van der Waals surface area (Å²) in [4.78, 5) is 11.7. The van der Waals surface area contributed by atoms with Gasteiger partial charge in [-0.2, -0.15) is 15.4 Å². The van der Waals surface area contributed by atoms with Crippen LogP contribution in [0.1, 0.15) is 16.8 Å². The molecule has 0 saturated carbocycles. The number of aryl methyl sites for hydroxylation is 2. The number of anilines is 1. The number of nitrogens with one attached hydrogen (secondary N) is 2. The normalized spacial score (nSPS) is 10.6. The molecule has 1 aromatic carbocycles. The zero-order valence-electron chi connectivity index (χ0n) is 13.9. The number of carbonyl (C=O) groups excluding carboxylic acids is 1. The summed E-state index contributed by atoms with van der Waals surface area (Å²) in [7, 11) is 0. The van der Waals surface area contributed by atoms with Gasteiger partial charge in [-0.15, -0.1) is 0 Å². The van der Waals surface area contributed by atoms with Gasteiger partial charge in [-0.3, -0.25) is 5.32 Å². The first kappa shape index (κ1) is 17.9. The maximum absolute atomic E-state index is 11.7. The molecule has 1 heterocycles. The van der Waals surface area contributed by atoms with Crippen LogP contribution in [0.3, 0.4) is 0 Å². The van der Waals surface area contributed by atoms with E-state index in [1.54, 1.807) is 6.20 Å². The van der Waals surface area contributed by atoms with Crippen molar-refractivity contribution in [3.8, 4) is 0 Å². The summed E-state index contributed by atoms with van der Waals surface area (Å²) < 4.78 is 15.7. The summed E-state index contributed by atoms with van der Waals surface area (Å²) in [6, 6.07) is 5.81. The molecule has 0 unspecified atom stereocenters. The third kappa shape index (κ3) is 6.76. The Bertz CT molecular complexity index is 611. The van der Waals surface area contributed by atoms with E-state index in [0.29, 0.717) is 26.4 Å². The van der Waals surface area contributed by atoms with Gasteiger partial charge in [-0.1, -0.05) is 6.07 Å². The number of nitrogens with zero attached hydrogens (tertiary/aromatic N) is 2. The molecule has 0 atom stereocenters. The summed E-state index contributed by atoms with van der Waals surface area (Å²) in [5.41, 5.74) is 3.62. The molecule has 0 spiro atoms. The van der Waals surface area contributed by atoms with Crippen molar-refractivity contribution in [1.29, 1.82) is 0 Å². The Morgan fingerprint density at radius 1 is 1.08 bits per heavy atom. The maximum atomic E-state index is 11.7. The van der Waals surface area contributed by atoms with Crippen LogP contribution >= 0.6 is 0 Å². The van der Waals surface area contributed by atoms with Gasteiger partial charge in [0.05, 0.1) is 32.6 Å². The first-order valence-electron chi connectivity index (χ1n) is 7.65. The van der Waals surface area contributed by atoms with E-state index in [-0.39, 0.29) is 6.61 Å². The molecule has 0 radical (unpaired) electrons. The van der Waals surface area contributed by atoms with Crippen LogP contribution in [0.2, 0.25) is 0 Å². The topological polar surface area (TPSA) is 98.4 Å². The molecule has 8 nitrogen and oxygen atoms in total. The molecule has 0 aliphatic rings. The third-order valence-corrected chi connectivity index (χ3v) is 3.02. The highest BCUT2D eigenvalue weighted by molar-refractivity contribution is 5.84. The average Bonchev–Trinajstić information content (AvgIpc) is 3.02. The zero-order valence-corrected chi connectivity index (χ0v) is 13.9. The van der Waals surface area contributed by atoms with Gasteiger partial charge < -0.3 is 14.2 Å². The van der Waals surface area contributed by atoms with Crippen molar-refractivity contribution in [3.05, 3.63) is 41.2 Å². The lowest BCUT2D eigenvalue weighted by Gasteiger charge is -2.09. The second-order valence-electron chi connectivity index (χ2n) is 5.26. The van der Waals surface area contributed by atoms with Gasteiger partial charge in [0.2, 0.25) is 0 Å². The molecule has 2 rings (SSSR count). The first-order valence-corrected chi connectivity index (χ1v) is 7.65. The second kappa shape index (κ2) is 9.64. The van der Waals surface area contributed by atoms with Gasteiger partial charge in [0.15, 0.2) is 0 Å². The average molecular weight is 334 g/mol. The molecular weight excluding hydrogens is 312 g/mol. The van der Waals surface area contributed by atoms with E-state index in [1.807, 2.05) is 32.0 Å². The Morgan fingerprint density at radius 3 is 2.50 bits per heavy atom. The van der Waals surface area contributed by atoms with Crippen molar-refractivity contribution in [1.82, 2.24) is 15.4 Å². The molecule has 1 aromatic heterocycles. The SMILES string of the molecule is Cc1cc(C)cc(NC(=O)OCCOCCOCc2cn[nH]n2)c1. The lowest BCUT2D eigenvalue weighted by molar-refractivity contribution is 0.0238. The molecule has 0 fully saturated rings. The maximum Gasteiger partial charge on any atom is 0.411 e. The van der Waals surface area contributed by atoms with E-state index < -0.39 is 6.09 Å². The number of benzene rings is 1. The molecule has 130 valence electrons. The van der Waals surface area contributed by atoms with Crippen molar-refractivity contribution in [2.24, 2.45) is 0 Å². The molecular formula is C16H22N4O4. The molecule has 24 heavy (non-hydrogen) atoms. The summed E-state index contributed by atoms with van der Waals surface area (Å²) in [5, 5.41) is 12.7. The van der Waals surface area contributed by atoms with Gasteiger partial charge >= 0.3 is 6.09 Å². The molecule has 2 N–H and O–H groups in total. The molecule has 0 aliphatic carbocycles. The van der Waals surface area contributed by atoms with Crippen molar-refractivity contribution >= 4 is 11.8 Å². The Morgan fingerprint density at radius 2 is 1.79 bits per heavy atom. The van der Waals surface area contributed by atoms with Gasteiger partial charge in [0, 0.05) is 5.69 Å². The Labute approximate surface area is 140 Å². The number of ether oxygens (including phenoxy) is 3. The van der Waals surface area contributed by atoms with Crippen molar-refractivity contribution in [3.63, 3.8) is 0 Å². The number of amides is 1. The van der Waals surface area contributed by atoms with E-state index in [2.05, 4.69) is 20.7 Å². The van der Waals surface area contributed by atoms with Crippen LogP contribution in [-0.2, 0) is 20.8 Å². The lowest BCUT2D eigenvalue weighted by atomic mass is 10.1. The fourth-order valence-electron chi connectivity index (χ4n) is 2.09. The van der Waals surface area contributed by atoms with E-state index in [1.165, 1.54) is 0 Å². The van der Waals surface area contributed by atoms with E-state index in [0.717, 1.165) is 22.5 Å². The van der Waals surface area contributed by atoms with Crippen LogP contribution in [0.25, 0.3) is 0 Å². The number of hydrogen-bond acceptors (Lipinski definition) is 6. The van der Waals surface area contributed by atoms with Crippen LogP contribution in [-0.4, -0.2) is 47.9 Å². The zero-order chi connectivity index (χ0) is 17.2. The van der Waals surface area contributed by atoms with E-state index >= 15 is 0 Å². The van der Waals surface area contributed by atoms with Gasteiger partial charge in [-0.05, 0) is 37.1 Å². The number of hydrogen-bond donors (Lipinski definition) is 2. The number of H-pyrrole nitrogens is 1. The lowest BCUT2D eigenvalue weighted by Crippen LogP contribution is -2.17. The van der Waals surface area contributed by atoms with Crippen molar-refractivity contribution < 1.29 is 19.0 Å². The summed E-state index contributed by atoms with van der Waals surface area (Å²) in [5.74, 6) is 0. The van der Waals surface area contributed by atoms with Crippen LogP contribution in [0, 0.1) is 13.8 Å². The number of carbonyl (C=O) groups is 1. The first-order chi connectivity index (χ1) is 11.6. The second-order valence-corrected chi connectivity index (χ2v) is 5.26. The molecule has 0 aliphatic heterocycles. The predicted molar refractivity (Wildman–Crippen MR) is 87.7 cm³/mol. The van der Waals surface area contributed by atoms with Gasteiger partial charge in [0.1, 0.15) is 12.3 Å². The fourth-order valence-corrected chi connectivity index (χ4v) is 2.09. The smallest absolute Gasteiger partial charge is 0.411 e. The van der Waals surface area contributed by atoms with Crippen LogP contribution in [0.5, 0.6) is 0 Å². The minimum absolute atomic E-state index is 0.180. The molecule has 8 heteroatoms. The molecule has 2 aromatic rings. The quantitative estimate of drug-likeness (QED) is 0.682. The Hall–Kier alpha value is -2.45. The highest BCUT2D eigenvalue weighted by Gasteiger charge is 2.04. The number of aromatic amines is 1. The van der Waals surface area contributed by atoms with Gasteiger partial charge in [0.25, 0.3) is 0 Å². The molecule has 0 saturated heterocycles.